The van der Waals surface area contributed by atoms with Crippen LogP contribution in [0.25, 0.3) is 0 Å². The molecule has 0 aromatic heterocycles. The minimum absolute atomic E-state index is 0.770. The van der Waals surface area contributed by atoms with Crippen LogP contribution in [0.1, 0.15) is 168 Å². The molecule has 0 aliphatic rings. The van der Waals surface area contributed by atoms with Crippen LogP contribution >= 0.6 is 11.6 Å². The average Bonchev–Trinajstić information content (AvgIpc) is 2.80. The van der Waals surface area contributed by atoms with E-state index in [1.807, 2.05) is 0 Å². The number of hydrogen-bond donors (Lipinski definition) is 0. The van der Waals surface area contributed by atoms with Crippen LogP contribution in [0.5, 0.6) is 0 Å². The monoisotopic (exact) mass is 471 g/mol. The molecular weight excluding hydrogens is 410 g/mol. The second-order valence-electron chi connectivity index (χ2n) is 10.3. The molecule has 0 saturated carbocycles. The molecule has 0 aromatic carbocycles. The van der Waals surface area contributed by atoms with Crippen molar-refractivity contribution in [3.05, 3.63) is 0 Å². The molecular formula is C30H62ClN. The van der Waals surface area contributed by atoms with Gasteiger partial charge >= 0.3 is 0 Å². The summed E-state index contributed by atoms with van der Waals surface area (Å²) in [6.07, 6.45) is 32.6. The molecule has 0 aliphatic heterocycles. The van der Waals surface area contributed by atoms with Gasteiger partial charge in [0.15, 0.2) is 0 Å². The van der Waals surface area contributed by atoms with Crippen LogP contribution in [0, 0.1) is 0 Å². The summed E-state index contributed by atoms with van der Waals surface area (Å²) in [5.41, 5.74) is 0. The van der Waals surface area contributed by atoms with Gasteiger partial charge in [0.1, 0.15) is 0 Å². The summed E-state index contributed by atoms with van der Waals surface area (Å²) in [6, 6.07) is 0.770. The average molecular weight is 472 g/mol. The Morgan fingerprint density at radius 3 is 1.25 bits per heavy atom. The highest BCUT2D eigenvalue weighted by atomic mass is 35.5. The molecule has 0 rings (SSSR count). The maximum absolute atomic E-state index is 6.19. The van der Waals surface area contributed by atoms with Crippen molar-refractivity contribution in [1.82, 2.24) is 4.90 Å². The molecule has 1 nitrogen and oxygen atoms in total. The van der Waals surface area contributed by atoms with Crippen molar-refractivity contribution in [1.29, 1.82) is 0 Å². The molecule has 1 unspecified atom stereocenters. The summed E-state index contributed by atoms with van der Waals surface area (Å²) < 4.78 is 0. The second-order valence-corrected chi connectivity index (χ2v) is 10.7. The minimum Gasteiger partial charge on any atom is -0.299 e. The Morgan fingerprint density at radius 2 is 0.844 bits per heavy atom. The van der Waals surface area contributed by atoms with Crippen molar-refractivity contribution in [2.24, 2.45) is 0 Å². The van der Waals surface area contributed by atoms with Gasteiger partial charge in [0.2, 0.25) is 0 Å². The van der Waals surface area contributed by atoms with Crippen molar-refractivity contribution in [3.63, 3.8) is 0 Å². The zero-order chi connectivity index (χ0) is 23.5. The molecule has 32 heavy (non-hydrogen) atoms. The summed E-state index contributed by atoms with van der Waals surface area (Å²) >= 11 is 6.19. The quantitative estimate of drug-likeness (QED) is 0.0849. The molecule has 194 valence electrons. The van der Waals surface area contributed by atoms with E-state index >= 15 is 0 Å². The van der Waals surface area contributed by atoms with Gasteiger partial charge in [-0.15, -0.1) is 11.6 Å². The Bertz CT molecular complexity index is 333. The number of hydrogen-bond acceptors (Lipinski definition) is 1. The van der Waals surface area contributed by atoms with Crippen molar-refractivity contribution in [2.45, 2.75) is 174 Å². The van der Waals surface area contributed by atoms with E-state index in [9.17, 15) is 0 Å². The molecule has 0 aromatic rings. The fourth-order valence-corrected chi connectivity index (χ4v) is 5.32. The van der Waals surface area contributed by atoms with Gasteiger partial charge in [0.25, 0.3) is 0 Å². The summed E-state index contributed by atoms with van der Waals surface area (Å²) in [5.74, 6) is 0.788. The lowest BCUT2D eigenvalue weighted by Crippen LogP contribution is -2.37. The van der Waals surface area contributed by atoms with Gasteiger partial charge in [-0.2, -0.15) is 0 Å². The maximum Gasteiger partial charge on any atom is 0.0351 e. The van der Waals surface area contributed by atoms with Crippen molar-refractivity contribution >= 4 is 11.6 Å². The topological polar surface area (TPSA) is 3.24 Å². The highest BCUT2D eigenvalue weighted by Crippen LogP contribution is 2.19. The molecule has 0 bridgehead atoms. The Balaban J connectivity index is 3.85. The summed E-state index contributed by atoms with van der Waals surface area (Å²) in [5, 5.41) is 0. The molecule has 0 heterocycles. The van der Waals surface area contributed by atoms with Crippen LogP contribution in [0.3, 0.4) is 0 Å². The van der Waals surface area contributed by atoms with Crippen molar-refractivity contribution < 1.29 is 0 Å². The van der Waals surface area contributed by atoms with Crippen molar-refractivity contribution in [3.8, 4) is 0 Å². The highest BCUT2D eigenvalue weighted by Gasteiger charge is 2.16. The lowest BCUT2D eigenvalue weighted by molar-refractivity contribution is 0.178. The predicted molar refractivity (Wildman–Crippen MR) is 149 cm³/mol. The minimum atomic E-state index is 0.770. The van der Waals surface area contributed by atoms with Gasteiger partial charge in [-0.05, 0) is 25.8 Å². The zero-order valence-electron chi connectivity index (χ0n) is 22.8. The summed E-state index contributed by atoms with van der Waals surface area (Å²) in [7, 11) is 0. The highest BCUT2D eigenvalue weighted by molar-refractivity contribution is 6.18. The molecule has 0 fully saturated rings. The first kappa shape index (κ1) is 32.2. The van der Waals surface area contributed by atoms with E-state index in [1.165, 1.54) is 154 Å². The Labute approximate surface area is 209 Å². The first-order valence-electron chi connectivity index (χ1n) is 15.1. The molecule has 0 saturated heterocycles. The Kier molecular flexibility index (Phi) is 27.7. The smallest absolute Gasteiger partial charge is 0.0351 e. The zero-order valence-corrected chi connectivity index (χ0v) is 23.5. The van der Waals surface area contributed by atoms with Crippen molar-refractivity contribution in [2.75, 3.05) is 19.0 Å². The number of alkyl halides is 1. The third-order valence-electron chi connectivity index (χ3n) is 7.20. The second kappa shape index (κ2) is 27.5. The Morgan fingerprint density at radius 1 is 0.438 bits per heavy atom. The fourth-order valence-electron chi connectivity index (χ4n) is 5.10. The van der Waals surface area contributed by atoms with Gasteiger partial charge in [0, 0.05) is 18.5 Å². The lowest BCUT2D eigenvalue weighted by Gasteiger charge is -2.31. The number of nitrogens with zero attached hydrogens (tertiary/aromatic N) is 1. The molecule has 0 amide bonds. The van der Waals surface area contributed by atoms with E-state index in [1.54, 1.807) is 0 Å². The molecule has 2 heteroatoms. The van der Waals surface area contributed by atoms with Crippen LogP contribution in [0.15, 0.2) is 0 Å². The van der Waals surface area contributed by atoms with Crippen LogP contribution in [-0.4, -0.2) is 29.9 Å². The normalized spacial score (nSPS) is 12.7. The fraction of sp³-hybridized carbons (Fsp3) is 1.00. The van der Waals surface area contributed by atoms with E-state index in [0.717, 1.165) is 18.5 Å². The first-order chi connectivity index (χ1) is 15.8. The summed E-state index contributed by atoms with van der Waals surface area (Å²) in [4.78, 5) is 2.74. The van der Waals surface area contributed by atoms with E-state index < -0.39 is 0 Å². The van der Waals surface area contributed by atoms with Crippen LogP contribution in [0.4, 0.5) is 0 Å². The molecule has 1 atom stereocenters. The van der Waals surface area contributed by atoms with E-state index in [2.05, 4.69) is 25.7 Å². The van der Waals surface area contributed by atoms with Gasteiger partial charge in [0.05, 0.1) is 0 Å². The van der Waals surface area contributed by atoms with Crippen LogP contribution in [-0.2, 0) is 0 Å². The molecule has 0 N–H and O–H groups in total. The standard InChI is InChI=1S/C30H62ClN/c1-4-7-9-11-13-15-16-17-18-20-22-24-28-32(29-27-31)30(25-6-3)26-23-21-19-14-12-10-8-5-2/h30H,4-29H2,1-3H3. The van der Waals surface area contributed by atoms with E-state index in [0.29, 0.717) is 0 Å². The van der Waals surface area contributed by atoms with Gasteiger partial charge in [-0.1, -0.05) is 149 Å². The van der Waals surface area contributed by atoms with Gasteiger partial charge < -0.3 is 0 Å². The molecule has 0 aliphatic carbocycles. The van der Waals surface area contributed by atoms with Gasteiger partial charge in [-0.25, -0.2) is 0 Å². The van der Waals surface area contributed by atoms with E-state index in [-0.39, 0.29) is 0 Å². The number of halogens is 1. The number of rotatable bonds is 27. The SMILES string of the molecule is CCCCCCCCCCCCCCN(CCCl)C(CCC)CCCCCCCCCC. The summed E-state index contributed by atoms with van der Waals surface area (Å²) in [6.45, 7) is 9.31. The maximum atomic E-state index is 6.19. The predicted octanol–water partition coefficient (Wildman–Crippen LogP) is 10.9. The first-order valence-corrected chi connectivity index (χ1v) is 15.6. The third kappa shape index (κ3) is 22.1. The lowest BCUT2D eigenvalue weighted by atomic mass is 10.00. The molecule has 0 spiro atoms. The Hall–Kier alpha value is 0.250. The van der Waals surface area contributed by atoms with Crippen LogP contribution in [0.2, 0.25) is 0 Å². The van der Waals surface area contributed by atoms with Gasteiger partial charge in [-0.3, -0.25) is 4.90 Å². The van der Waals surface area contributed by atoms with Crippen LogP contribution < -0.4 is 0 Å². The number of unbranched alkanes of at least 4 members (excludes halogenated alkanes) is 18. The largest absolute Gasteiger partial charge is 0.299 e. The molecule has 0 radical (unpaired) electrons. The van der Waals surface area contributed by atoms with E-state index in [4.69, 9.17) is 11.6 Å². The third-order valence-corrected chi connectivity index (χ3v) is 7.37.